The summed E-state index contributed by atoms with van der Waals surface area (Å²) in [4.78, 5) is 32.4. The Balaban J connectivity index is 0.000000244. The highest BCUT2D eigenvalue weighted by Crippen LogP contribution is 2.35. The van der Waals surface area contributed by atoms with Crippen molar-refractivity contribution in [2.75, 3.05) is 0 Å². The molecule has 1 aliphatic heterocycles. The van der Waals surface area contributed by atoms with Crippen LogP contribution in [0.25, 0.3) is 0 Å². The van der Waals surface area contributed by atoms with Gasteiger partial charge in [-0.05, 0) is 55.7 Å². The number of carbonyl (C=O) groups excluding carboxylic acids is 2. The molecule has 1 atom stereocenters. The van der Waals surface area contributed by atoms with Crippen molar-refractivity contribution in [2.45, 2.75) is 97.2 Å². The molecule has 2 aliphatic rings. The van der Waals surface area contributed by atoms with Crippen LogP contribution in [0, 0.1) is 5.92 Å². The van der Waals surface area contributed by atoms with Gasteiger partial charge in [0.15, 0.2) is 5.78 Å². The van der Waals surface area contributed by atoms with Crippen LogP contribution in [0.4, 0.5) is 0 Å². The number of hydrogen-bond acceptors (Lipinski definition) is 4. The van der Waals surface area contributed by atoms with Gasteiger partial charge in [-0.15, -0.1) is 0 Å². The molecule has 5 rings (SSSR count). The Hall–Kier alpha value is -3.73. The van der Waals surface area contributed by atoms with Crippen molar-refractivity contribution in [1.82, 2.24) is 4.90 Å². The minimum atomic E-state index is -0.994. The normalized spacial score (nSPS) is 17.6. The SMILES string of the molecule is CC(=O)c1ccc(C2=NOC(C)(C(=O)N(Cc3ccccc3)C3CC3)C2)cc1.CCCC(CCC)Cc1ccccc1. The lowest BCUT2D eigenvalue weighted by atomic mass is 9.91. The summed E-state index contributed by atoms with van der Waals surface area (Å²) in [7, 11) is 0. The van der Waals surface area contributed by atoms with Crippen molar-refractivity contribution in [2.24, 2.45) is 11.1 Å². The van der Waals surface area contributed by atoms with Crippen LogP contribution in [-0.2, 0) is 22.6 Å². The van der Waals surface area contributed by atoms with Gasteiger partial charge in [0, 0.05) is 24.6 Å². The Morgan fingerprint density at radius 3 is 1.98 bits per heavy atom. The summed E-state index contributed by atoms with van der Waals surface area (Å²) in [6.45, 7) is 8.52. The summed E-state index contributed by atoms with van der Waals surface area (Å²) in [6, 6.07) is 28.5. The van der Waals surface area contributed by atoms with Gasteiger partial charge in [0.05, 0.1) is 5.71 Å². The second-order valence-corrected chi connectivity index (χ2v) is 12.0. The zero-order valence-electron chi connectivity index (χ0n) is 25.7. The first-order valence-electron chi connectivity index (χ1n) is 15.6. The van der Waals surface area contributed by atoms with Crippen LogP contribution in [0.5, 0.6) is 0 Å². The predicted octanol–water partition coefficient (Wildman–Crippen LogP) is 8.41. The standard InChI is InChI=1S/C23H24N2O3.C14H22/c1-16(26)18-8-10-19(11-9-18)21-14-23(2,28-24-21)22(27)25(20-12-13-20)15-17-6-4-3-5-7-17;1-3-8-13(9-4-2)12-14-10-6-5-7-11-14/h3-11,20H,12-15H2,1-2H3;5-7,10-11,13H,3-4,8-9,12H2,1-2H3. The van der Waals surface area contributed by atoms with Crippen molar-refractivity contribution >= 4 is 17.4 Å². The molecule has 0 saturated heterocycles. The van der Waals surface area contributed by atoms with E-state index in [1.54, 1.807) is 19.1 Å². The van der Waals surface area contributed by atoms with Gasteiger partial charge in [0.1, 0.15) is 0 Å². The molecule has 0 aromatic heterocycles. The zero-order valence-corrected chi connectivity index (χ0v) is 25.7. The van der Waals surface area contributed by atoms with Gasteiger partial charge in [-0.1, -0.05) is 130 Å². The first kappa shape index (κ1) is 31.2. The van der Waals surface area contributed by atoms with Crippen molar-refractivity contribution in [3.63, 3.8) is 0 Å². The van der Waals surface area contributed by atoms with E-state index in [0.29, 0.717) is 18.5 Å². The van der Waals surface area contributed by atoms with Gasteiger partial charge in [-0.25, -0.2) is 0 Å². The summed E-state index contributed by atoms with van der Waals surface area (Å²) in [6.07, 6.45) is 9.15. The van der Waals surface area contributed by atoms with Gasteiger partial charge in [0.25, 0.3) is 5.91 Å². The first-order valence-corrected chi connectivity index (χ1v) is 15.6. The molecule has 5 heteroatoms. The van der Waals surface area contributed by atoms with Crippen LogP contribution >= 0.6 is 0 Å². The number of oxime groups is 1. The maximum atomic E-state index is 13.4. The van der Waals surface area contributed by atoms with E-state index in [-0.39, 0.29) is 17.7 Å². The van der Waals surface area contributed by atoms with E-state index < -0.39 is 5.60 Å². The van der Waals surface area contributed by atoms with Crippen LogP contribution in [0.1, 0.15) is 99.7 Å². The number of ketones is 1. The molecule has 1 unspecified atom stereocenters. The quantitative estimate of drug-likeness (QED) is 0.207. The minimum Gasteiger partial charge on any atom is -0.379 e. The fourth-order valence-corrected chi connectivity index (χ4v) is 5.66. The van der Waals surface area contributed by atoms with Crippen LogP contribution in [0.2, 0.25) is 0 Å². The zero-order chi connectivity index (χ0) is 30.0. The number of nitrogens with zero attached hydrogens (tertiary/aromatic N) is 2. The van der Waals surface area contributed by atoms with Gasteiger partial charge in [-0.2, -0.15) is 0 Å². The molecular formula is C37H46N2O3. The molecule has 3 aromatic carbocycles. The molecule has 1 saturated carbocycles. The summed E-state index contributed by atoms with van der Waals surface area (Å²) in [5, 5.41) is 4.21. The van der Waals surface area contributed by atoms with Gasteiger partial charge < -0.3 is 9.74 Å². The van der Waals surface area contributed by atoms with Gasteiger partial charge >= 0.3 is 0 Å². The number of carbonyl (C=O) groups is 2. The molecule has 1 heterocycles. The summed E-state index contributed by atoms with van der Waals surface area (Å²) in [5.74, 6) is 0.905. The van der Waals surface area contributed by atoms with E-state index in [0.717, 1.165) is 35.6 Å². The lowest BCUT2D eigenvalue weighted by molar-refractivity contribution is -0.154. The summed E-state index contributed by atoms with van der Waals surface area (Å²) >= 11 is 0. The highest BCUT2D eigenvalue weighted by Gasteiger charge is 2.47. The second-order valence-electron chi connectivity index (χ2n) is 12.0. The Bertz CT molecular complexity index is 1310. The lowest BCUT2D eigenvalue weighted by Crippen LogP contribution is -2.48. The average Bonchev–Trinajstić information content (AvgIpc) is 3.77. The number of hydrogen-bond donors (Lipinski definition) is 0. The van der Waals surface area contributed by atoms with E-state index in [1.807, 2.05) is 54.3 Å². The Morgan fingerprint density at radius 2 is 1.45 bits per heavy atom. The van der Waals surface area contributed by atoms with Crippen molar-refractivity contribution in [3.05, 3.63) is 107 Å². The molecule has 0 N–H and O–H groups in total. The molecule has 222 valence electrons. The van der Waals surface area contributed by atoms with Crippen LogP contribution in [0.15, 0.2) is 90.1 Å². The number of Topliss-reactive ketones (excluding diaryl/α,β-unsaturated/α-hetero) is 1. The molecule has 42 heavy (non-hydrogen) atoms. The summed E-state index contributed by atoms with van der Waals surface area (Å²) < 4.78 is 0. The number of benzene rings is 3. The van der Waals surface area contributed by atoms with E-state index in [2.05, 4.69) is 49.3 Å². The van der Waals surface area contributed by atoms with Crippen molar-refractivity contribution in [1.29, 1.82) is 0 Å². The molecular weight excluding hydrogens is 520 g/mol. The molecule has 1 amide bonds. The molecule has 3 aromatic rings. The number of amides is 1. The Labute approximate surface area is 252 Å². The Kier molecular flexibility index (Phi) is 11.1. The maximum absolute atomic E-state index is 13.4. The largest absolute Gasteiger partial charge is 0.379 e. The third-order valence-corrected chi connectivity index (χ3v) is 8.14. The topological polar surface area (TPSA) is 59.0 Å². The van der Waals surface area contributed by atoms with E-state index in [4.69, 9.17) is 4.84 Å². The fourth-order valence-electron chi connectivity index (χ4n) is 5.66. The molecule has 1 aliphatic carbocycles. The smallest absolute Gasteiger partial charge is 0.270 e. The highest BCUT2D eigenvalue weighted by atomic mass is 16.7. The van der Waals surface area contributed by atoms with Gasteiger partial charge in [0.2, 0.25) is 5.60 Å². The first-order chi connectivity index (χ1) is 20.3. The average molecular weight is 567 g/mol. The lowest BCUT2D eigenvalue weighted by Gasteiger charge is -2.30. The molecule has 0 spiro atoms. The Morgan fingerprint density at radius 1 is 0.881 bits per heavy atom. The molecule has 5 nitrogen and oxygen atoms in total. The maximum Gasteiger partial charge on any atom is 0.270 e. The number of rotatable bonds is 12. The molecule has 0 bridgehead atoms. The minimum absolute atomic E-state index is 0.0158. The van der Waals surface area contributed by atoms with E-state index in [9.17, 15) is 9.59 Å². The van der Waals surface area contributed by atoms with E-state index in [1.165, 1.54) is 37.7 Å². The van der Waals surface area contributed by atoms with Crippen LogP contribution in [-0.4, -0.2) is 33.9 Å². The second kappa shape index (κ2) is 14.9. The predicted molar refractivity (Wildman–Crippen MR) is 171 cm³/mol. The monoisotopic (exact) mass is 566 g/mol. The summed E-state index contributed by atoms with van der Waals surface area (Å²) in [5.41, 5.74) is 3.89. The third kappa shape index (κ3) is 8.64. The van der Waals surface area contributed by atoms with Crippen LogP contribution < -0.4 is 0 Å². The van der Waals surface area contributed by atoms with E-state index >= 15 is 0 Å². The highest BCUT2D eigenvalue weighted by molar-refractivity contribution is 6.06. The van der Waals surface area contributed by atoms with Gasteiger partial charge in [-0.3, -0.25) is 9.59 Å². The molecule has 1 fully saturated rings. The van der Waals surface area contributed by atoms with Crippen molar-refractivity contribution < 1.29 is 14.4 Å². The van der Waals surface area contributed by atoms with Crippen LogP contribution in [0.3, 0.4) is 0 Å². The molecule has 0 radical (unpaired) electrons. The van der Waals surface area contributed by atoms with Crippen molar-refractivity contribution in [3.8, 4) is 0 Å². The fraction of sp³-hybridized carbons (Fsp3) is 0.432. The third-order valence-electron chi connectivity index (χ3n) is 8.14.